The third kappa shape index (κ3) is 7.03. The largest absolute Gasteiger partial charge is 0.495 e. The summed E-state index contributed by atoms with van der Waals surface area (Å²) < 4.78 is 6.32. The molecular weight excluding hydrogens is 232 g/mol. The zero-order valence-corrected chi connectivity index (χ0v) is 13.6. The highest BCUT2D eigenvalue weighted by atomic mass is 16.5. The van der Waals surface area contributed by atoms with Crippen molar-refractivity contribution < 1.29 is 4.74 Å². The Hall–Kier alpha value is -0.460. The third-order valence-corrected chi connectivity index (χ3v) is 4.08. The number of hydrogen-bond donors (Lipinski definition) is 0. The highest BCUT2D eigenvalue weighted by Gasteiger charge is 2.26. The molecule has 0 bridgehead atoms. The van der Waals surface area contributed by atoms with E-state index in [1.807, 2.05) is 0 Å². The second-order valence-corrected chi connectivity index (χ2v) is 7.09. The maximum atomic E-state index is 6.32. The van der Waals surface area contributed by atoms with Crippen molar-refractivity contribution in [1.29, 1.82) is 0 Å². The molecule has 0 N–H and O–H groups in total. The summed E-state index contributed by atoms with van der Waals surface area (Å²) in [4.78, 5) is 0. The number of ether oxygens (including phenoxy) is 1. The number of allylic oxidation sites excluding steroid dienone is 2. The standard InChI is InChI=1S/C18H34O/c1-5-6-7-8-12-15-17(18(2,3)4)19-16-13-10-9-11-14-16/h13,17H,5-12,14-15H2,1-4H3. The Kier molecular flexibility index (Phi) is 7.56. The average Bonchev–Trinajstić information content (AvgIpc) is 2.37. The van der Waals surface area contributed by atoms with Crippen LogP contribution in [0.4, 0.5) is 0 Å². The molecule has 1 rings (SSSR count). The Balaban J connectivity index is 2.37. The highest BCUT2D eigenvalue weighted by Crippen LogP contribution is 2.31. The molecule has 0 saturated carbocycles. The molecule has 0 spiro atoms. The Bertz CT molecular complexity index is 259. The quantitative estimate of drug-likeness (QED) is 0.473. The van der Waals surface area contributed by atoms with E-state index in [1.54, 1.807) is 0 Å². The van der Waals surface area contributed by atoms with E-state index >= 15 is 0 Å². The first kappa shape index (κ1) is 16.6. The van der Waals surface area contributed by atoms with Gasteiger partial charge in [0.2, 0.25) is 0 Å². The molecule has 112 valence electrons. The molecule has 1 aliphatic carbocycles. The van der Waals surface area contributed by atoms with E-state index in [0.29, 0.717) is 6.10 Å². The van der Waals surface area contributed by atoms with Gasteiger partial charge in [0.1, 0.15) is 6.10 Å². The van der Waals surface area contributed by atoms with Crippen LogP contribution in [0.15, 0.2) is 11.8 Å². The molecule has 0 aromatic rings. The fourth-order valence-corrected chi connectivity index (χ4v) is 2.70. The third-order valence-electron chi connectivity index (χ3n) is 4.08. The van der Waals surface area contributed by atoms with E-state index in [-0.39, 0.29) is 5.41 Å². The second-order valence-electron chi connectivity index (χ2n) is 7.09. The molecule has 0 saturated heterocycles. The summed E-state index contributed by atoms with van der Waals surface area (Å²) in [6.45, 7) is 9.21. The Morgan fingerprint density at radius 3 is 2.42 bits per heavy atom. The van der Waals surface area contributed by atoms with Crippen molar-refractivity contribution in [2.24, 2.45) is 5.41 Å². The molecule has 19 heavy (non-hydrogen) atoms. The van der Waals surface area contributed by atoms with E-state index in [2.05, 4.69) is 33.8 Å². The first-order chi connectivity index (χ1) is 9.04. The van der Waals surface area contributed by atoms with Crippen molar-refractivity contribution in [3.63, 3.8) is 0 Å². The lowest BCUT2D eigenvalue weighted by molar-refractivity contribution is 0.0129. The summed E-state index contributed by atoms with van der Waals surface area (Å²) in [7, 11) is 0. The smallest absolute Gasteiger partial charge is 0.103 e. The van der Waals surface area contributed by atoms with Gasteiger partial charge >= 0.3 is 0 Å². The van der Waals surface area contributed by atoms with Crippen LogP contribution in [-0.2, 0) is 4.74 Å². The molecule has 0 radical (unpaired) electrons. The predicted octanol–water partition coefficient (Wildman–Crippen LogP) is 6.24. The molecule has 1 heteroatoms. The Morgan fingerprint density at radius 2 is 1.84 bits per heavy atom. The number of hydrogen-bond acceptors (Lipinski definition) is 1. The monoisotopic (exact) mass is 266 g/mol. The van der Waals surface area contributed by atoms with Gasteiger partial charge in [-0.1, -0.05) is 53.4 Å². The van der Waals surface area contributed by atoms with Gasteiger partial charge in [0.05, 0.1) is 5.76 Å². The zero-order valence-electron chi connectivity index (χ0n) is 13.6. The van der Waals surface area contributed by atoms with Crippen LogP contribution >= 0.6 is 0 Å². The van der Waals surface area contributed by atoms with Gasteiger partial charge in [-0.25, -0.2) is 0 Å². The average molecular weight is 266 g/mol. The molecule has 1 aliphatic rings. The van der Waals surface area contributed by atoms with Crippen molar-refractivity contribution >= 4 is 0 Å². The molecule has 1 nitrogen and oxygen atoms in total. The summed E-state index contributed by atoms with van der Waals surface area (Å²) in [6.07, 6.45) is 15.7. The first-order valence-corrected chi connectivity index (χ1v) is 8.39. The van der Waals surface area contributed by atoms with Crippen molar-refractivity contribution in [1.82, 2.24) is 0 Å². The van der Waals surface area contributed by atoms with Crippen molar-refractivity contribution in [2.75, 3.05) is 0 Å². The van der Waals surface area contributed by atoms with Crippen molar-refractivity contribution in [2.45, 2.75) is 98.0 Å². The summed E-state index contributed by atoms with van der Waals surface area (Å²) in [6, 6.07) is 0. The lowest BCUT2D eigenvalue weighted by Gasteiger charge is -2.33. The van der Waals surface area contributed by atoms with Gasteiger partial charge < -0.3 is 4.74 Å². The SMILES string of the molecule is CCCCCCCC(OC1=CCCCC1)C(C)(C)C. The van der Waals surface area contributed by atoms with Gasteiger partial charge in [-0.05, 0) is 43.6 Å². The number of rotatable bonds is 8. The summed E-state index contributed by atoms with van der Waals surface area (Å²) in [5.74, 6) is 1.26. The van der Waals surface area contributed by atoms with Crippen LogP contribution in [0.3, 0.4) is 0 Å². The lowest BCUT2D eigenvalue weighted by Crippen LogP contribution is -2.29. The van der Waals surface area contributed by atoms with Crippen LogP contribution in [0.2, 0.25) is 0 Å². The van der Waals surface area contributed by atoms with Gasteiger partial charge in [0.25, 0.3) is 0 Å². The minimum atomic E-state index is 0.253. The molecule has 0 aliphatic heterocycles. The van der Waals surface area contributed by atoms with Gasteiger partial charge in [0, 0.05) is 6.42 Å². The van der Waals surface area contributed by atoms with Gasteiger partial charge in [0.15, 0.2) is 0 Å². The van der Waals surface area contributed by atoms with Gasteiger partial charge in [-0.2, -0.15) is 0 Å². The second kappa shape index (κ2) is 8.66. The van der Waals surface area contributed by atoms with E-state index in [4.69, 9.17) is 4.74 Å². The summed E-state index contributed by atoms with van der Waals surface area (Å²) >= 11 is 0. The first-order valence-electron chi connectivity index (χ1n) is 8.39. The minimum absolute atomic E-state index is 0.253. The molecule has 1 atom stereocenters. The molecular formula is C18H34O. The van der Waals surface area contributed by atoms with Crippen molar-refractivity contribution in [3.05, 3.63) is 11.8 Å². The molecule has 1 unspecified atom stereocenters. The van der Waals surface area contributed by atoms with Crippen molar-refractivity contribution in [3.8, 4) is 0 Å². The maximum absolute atomic E-state index is 6.32. The topological polar surface area (TPSA) is 9.23 Å². The molecule has 0 aromatic carbocycles. The van der Waals surface area contributed by atoms with Crippen LogP contribution in [0.1, 0.15) is 91.9 Å². The van der Waals surface area contributed by atoms with Gasteiger partial charge in [-0.3, -0.25) is 0 Å². The number of unbranched alkanes of at least 4 members (excludes halogenated alkanes) is 4. The fourth-order valence-electron chi connectivity index (χ4n) is 2.70. The van der Waals surface area contributed by atoms with Crippen LogP contribution in [0.25, 0.3) is 0 Å². The molecule has 0 heterocycles. The Morgan fingerprint density at radius 1 is 1.11 bits per heavy atom. The fraction of sp³-hybridized carbons (Fsp3) is 0.889. The maximum Gasteiger partial charge on any atom is 0.103 e. The van der Waals surface area contributed by atoms with E-state index in [1.165, 1.54) is 63.5 Å². The van der Waals surface area contributed by atoms with E-state index < -0.39 is 0 Å². The van der Waals surface area contributed by atoms with Crippen LogP contribution in [0.5, 0.6) is 0 Å². The summed E-state index contributed by atoms with van der Waals surface area (Å²) in [5, 5.41) is 0. The zero-order chi connectivity index (χ0) is 14.1. The minimum Gasteiger partial charge on any atom is -0.495 e. The van der Waals surface area contributed by atoms with Crippen LogP contribution in [0, 0.1) is 5.41 Å². The predicted molar refractivity (Wildman–Crippen MR) is 84.3 cm³/mol. The van der Waals surface area contributed by atoms with Gasteiger partial charge in [-0.15, -0.1) is 0 Å². The van der Waals surface area contributed by atoms with Crippen LogP contribution < -0.4 is 0 Å². The molecule has 0 fully saturated rings. The normalized spacial score (nSPS) is 18.0. The lowest BCUT2D eigenvalue weighted by atomic mass is 9.85. The highest BCUT2D eigenvalue weighted by molar-refractivity contribution is 4.98. The van der Waals surface area contributed by atoms with Crippen LogP contribution in [-0.4, -0.2) is 6.10 Å². The Labute approximate surface area is 120 Å². The summed E-state index contributed by atoms with van der Waals surface area (Å²) in [5.41, 5.74) is 0.253. The van der Waals surface area contributed by atoms with E-state index in [0.717, 1.165) is 6.42 Å². The molecule has 0 aromatic heterocycles. The molecule has 0 amide bonds. The van der Waals surface area contributed by atoms with E-state index in [9.17, 15) is 0 Å².